The monoisotopic (exact) mass is 567 g/mol. The number of nitrogens with zero attached hydrogens (tertiary/aromatic N) is 1. The summed E-state index contributed by atoms with van der Waals surface area (Å²) in [6.45, 7) is 9.07. The van der Waals surface area contributed by atoms with Gasteiger partial charge in [0.25, 0.3) is 0 Å². The van der Waals surface area contributed by atoms with E-state index in [-0.39, 0.29) is 0 Å². The molecule has 3 heteroatoms. The maximum absolute atomic E-state index is 6.68. The van der Waals surface area contributed by atoms with E-state index in [0.29, 0.717) is 5.92 Å². The Hall–Kier alpha value is -5.28. The van der Waals surface area contributed by atoms with Crippen molar-refractivity contribution in [1.82, 2.24) is 4.40 Å². The van der Waals surface area contributed by atoms with Gasteiger partial charge in [-0.15, -0.1) is 0 Å². The fourth-order valence-corrected chi connectivity index (χ4v) is 8.27. The lowest BCUT2D eigenvalue weighted by molar-refractivity contribution is 0.670. The highest BCUT2D eigenvalue weighted by Crippen LogP contribution is 2.47. The minimum Gasteiger partial charge on any atom is -0.454 e. The van der Waals surface area contributed by atoms with Gasteiger partial charge in [-0.1, -0.05) is 74.5 Å². The van der Waals surface area contributed by atoms with Crippen LogP contribution in [0.25, 0.3) is 93.1 Å². The molecule has 0 N–H and O–H groups in total. The van der Waals surface area contributed by atoms with Gasteiger partial charge in [0.1, 0.15) is 11.2 Å². The summed E-state index contributed by atoms with van der Waals surface area (Å²) in [5.74, 6) is 0.492. The van der Waals surface area contributed by atoms with Crippen LogP contribution in [-0.4, -0.2) is 4.40 Å². The molecule has 0 aliphatic rings. The zero-order valence-electron chi connectivity index (χ0n) is 25.1. The zero-order chi connectivity index (χ0) is 29.4. The van der Waals surface area contributed by atoms with Crippen molar-refractivity contribution >= 4 is 82.0 Å². The van der Waals surface area contributed by atoms with E-state index in [1.54, 1.807) is 0 Å². The van der Waals surface area contributed by atoms with Gasteiger partial charge in [0.15, 0.2) is 11.2 Å². The van der Waals surface area contributed by atoms with Gasteiger partial charge in [-0.3, -0.25) is 0 Å². The van der Waals surface area contributed by atoms with Crippen LogP contribution in [0.1, 0.15) is 36.5 Å². The highest BCUT2D eigenvalue weighted by molar-refractivity contribution is 6.31. The molecule has 0 aliphatic heterocycles. The molecule has 0 aliphatic carbocycles. The summed E-state index contributed by atoms with van der Waals surface area (Å²) in [5, 5.41) is 9.40. The molecule has 10 rings (SSSR count). The number of aromatic nitrogens is 1. The van der Waals surface area contributed by atoms with Gasteiger partial charge in [0.2, 0.25) is 0 Å². The van der Waals surface area contributed by atoms with Crippen molar-refractivity contribution in [3.05, 3.63) is 114 Å². The van der Waals surface area contributed by atoms with Crippen molar-refractivity contribution in [2.45, 2.75) is 33.6 Å². The van der Waals surface area contributed by atoms with Crippen molar-refractivity contribution in [2.75, 3.05) is 0 Å². The molecule has 10 aromatic rings. The van der Waals surface area contributed by atoms with Crippen molar-refractivity contribution in [2.24, 2.45) is 0 Å². The number of benzene rings is 6. The van der Waals surface area contributed by atoms with Gasteiger partial charge in [0, 0.05) is 43.1 Å². The molecule has 0 amide bonds. The van der Waals surface area contributed by atoms with Gasteiger partial charge < -0.3 is 13.2 Å². The average Bonchev–Trinajstić information content (AvgIpc) is 3.76. The highest BCUT2D eigenvalue weighted by atomic mass is 16.3. The summed E-state index contributed by atoms with van der Waals surface area (Å²) in [6, 6.07) is 35.2. The van der Waals surface area contributed by atoms with Crippen LogP contribution in [-0.2, 0) is 0 Å². The van der Waals surface area contributed by atoms with E-state index in [4.69, 9.17) is 8.83 Å². The average molecular weight is 568 g/mol. The molecule has 0 unspecified atom stereocenters. The smallest absolute Gasteiger partial charge is 0.160 e. The lowest BCUT2D eigenvalue weighted by atomic mass is 9.89. The van der Waals surface area contributed by atoms with Gasteiger partial charge in [-0.25, -0.2) is 0 Å². The van der Waals surface area contributed by atoms with Crippen molar-refractivity contribution in [3.63, 3.8) is 0 Å². The second kappa shape index (κ2) is 8.21. The third-order valence-electron chi connectivity index (χ3n) is 9.91. The second-order valence-corrected chi connectivity index (χ2v) is 12.8. The van der Waals surface area contributed by atoms with Gasteiger partial charge in [-0.2, -0.15) is 0 Å². The molecular formula is C41H29NO2. The molecule has 0 saturated carbocycles. The number of rotatable bonds is 2. The molecule has 44 heavy (non-hydrogen) atoms. The van der Waals surface area contributed by atoms with E-state index in [1.807, 2.05) is 12.1 Å². The number of hydrogen-bond donors (Lipinski definition) is 0. The van der Waals surface area contributed by atoms with Gasteiger partial charge in [-0.05, 0) is 84.0 Å². The predicted molar refractivity (Wildman–Crippen MR) is 185 cm³/mol. The maximum Gasteiger partial charge on any atom is 0.160 e. The molecular weight excluding hydrogens is 538 g/mol. The molecule has 4 heterocycles. The second-order valence-electron chi connectivity index (χ2n) is 12.8. The van der Waals surface area contributed by atoms with E-state index >= 15 is 0 Å². The Labute approximate surface area is 253 Å². The minimum atomic E-state index is 0.492. The Kier molecular flexibility index (Phi) is 4.51. The van der Waals surface area contributed by atoms with Crippen LogP contribution in [0.2, 0.25) is 0 Å². The Balaban J connectivity index is 1.44. The van der Waals surface area contributed by atoms with Crippen molar-refractivity contribution in [1.29, 1.82) is 0 Å². The molecule has 0 spiro atoms. The summed E-state index contributed by atoms with van der Waals surface area (Å²) in [6.07, 6.45) is 0. The first-order chi connectivity index (χ1) is 21.5. The number of hydrogen-bond acceptors (Lipinski definition) is 2. The Morgan fingerprint density at radius 3 is 1.43 bits per heavy atom. The van der Waals surface area contributed by atoms with E-state index in [1.165, 1.54) is 54.9 Å². The van der Waals surface area contributed by atoms with Crippen LogP contribution >= 0.6 is 0 Å². The Morgan fingerprint density at radius 2 is 0.932 bits per heavy atom. The molecule has 3 nitrogen and oxygen atoms in total. The number of fused-ring (bicyclic) bond motifs is 14. The highest BCUT2D eigenvalue weighted by Gasteiger charge is 2.25. The maximum atomic E-state index is 6.68. The predicted octanol–water partition coefficient (Wildman–Crippen LogP) is 12.0. The first-order valence-electron chi connectivity index (χ1n) is 15.5. The summed E-state index contributed by atoms with van der Waals surface area (Å²) < 4.78 is 15.8. The Morgan fingerprint density at radius 1 is 0.477 bits per heavy atom. The normalized spacial score (nSPS) is 12.8. The van der Waals surface area contributed by atoms with Crippen molar-refractivity contribution < 1.29 is 8.83 Å². The zero-order valence-corrected chi connectivity index (χ0v) is 25.1. The summed E-state index contributed by atoms with van der Waals surface area (Å²) >= 11 is 0. The molecule has 6 aromatic carbocycles. The molecule has 210 valence electrons. The first-order valence-corrected chi connectivity index (χ1v) is 15.5. The van der Waals surface area contributed by atoms with Crippen LogP contribution in [0.5, 0.6) is 0 Å². The van der Waals surface area contributed by atoms with Crippen LogP contribution in [0.4, 0.5) is 0 Å². The van der Waals surface area contributed by atoms with Gasteiger partial charge >= 0.3 is 0 Å². The molecule has 0 fully saturated rings. The van der Waals surface area contributed by atoms with Crippen LogP contribution in [0, 0.1) is 13.8 Å². The lowest BCUT2D eigenvalue weighted by Gasteiger charge is -2.16. The fraction of sp³-hybridized carbons (Fsp3) is 0.122. The third-order valence-corrected chi connectivity index (χ3v) is 9.91. The largest absolute Gasteiger partial charge is 0.454 e. The quantitative estimate of drug-likeness (QED) is 0.208. The SMILES string of the molecule is Cc1cc(-c2cc3c4ccc5c6ccccc6oc5c4n4c3c(c2)c2ccc3c5ccccc5oc3c24)cc(C)c1C(C)C. The van der Waals surface area contributed by atoms with E-state index in [2.05, 4.69) is 117 Å². The summed E-state index contributed by atoms with van der Waals surface area (Å²) in [5.41, 5.74) is 13.7. The van der Waals surface area contributed by atoms with Gasteiger partial charge in [0.05, 0.1) is 16.6 Å². The molecule has 0 radical (unpaired) electrons. The van der Waals surface area contributed by atoms with Crippen LogP contribution in [0.3, 0.4) is 0 Å². The molecule has 0 bridgehead atoms. The lowest BCUT2D eigenvalue weighted by Crippen LogP contribution is -1.97. The Bertz CT molecular complexity index is 2640. The van der Waals surface area contributed by atoms with Crippen LogP contribution < -0.4 is 0 Å². The number of aryl methyl sites for hydroxylation is 2. The van der Waals surface area contributed by atoms with E-state index in [0.717, 1.165) is 54.9 Å². The van der Waals surface area contributed by atoms with E-state index < -0.39 is 0 Å². The molecule has 0 atom stereocenters. The minimum absolute atomic E-state index is 0.492. The van der Waals surface area contributed by atoms with E-state index in [9.17, 15) is 0 Å². The molecule has 4 aromatic heterocycles. The number of furan rings is 2. The standard InChI is InChI=1S/C41H29NO2/c1-21(2)36-22(3)17-24(18-23(36)4)25-19-32-28-13-15-30-26-9-5-7-11-34(26)43-40(30)38(28)42-37(32)33(20-25)29-14-16-31-27-10-6-8-12-35(27)44-41(31)39(29)42/h5-21H,1-4H3. The third kappa shape index (κ3) is 2.92. The molecule has 0 saturated heterocycles. The first kappa shape index (κ1) is 24.2. The number of para-hydroxylation sites is 2. The summed E-state index contributed by atoms with van der Waals surface area (Å²) in [4.78, 5) is 0. The topological polar surface area (TPSA) is 30.7 Å². The van der Waals surface area contributed by atoms with Crippen molar-refractivity contribution in [3.8, 4) is 11.1 Å². The summed E-state index contributed by atoms with van der Waals surface area (Å²) in [7, 11) is 0. The fourth-order valence-electron chi connectivity index (χ4n) is 8.27. The van der Waals surface area contributed by atoms with Crippen LogP contribution in [0.15, 0.2) is 106 Å².